The van der Waals surface area contributed by atoms with Crippen molar-refractivity contribution in [2.24, 2.45) is 0 Å². The third-order valence-electron chi connectivity index (χ3n) is 6.27. The third kappa shape index (κ3) is 2.86. The summed E-state index contributed by atoms with van der Waals surface area (Å²) in [6, 6.07) is 14.1. The number of fused-ring (bicyclic) bond motifs is 4. The van der Waals surface area contributed by atoms with Crippen LogP contribution in [0, 0.1) is 20.8 Å². The lowest BCUT2D eigenvalue weighted by Gasteiger charge is -2.16. The molecule has 0 radical (unpaired) electrons. The van der Waals surface area contributed by atoms with Crippen LogP contribution in [0.15, 0.2) is 47.3 Å². The lowest BCUT2D eigenvalue weighted by Crippen LogP contribution is -2.26. The largest absolute Gasteiger partial charge is 0.293 e. The Balaban J connectivity index is 2.02. The number of hydrogen-bond acceptors (Lipinski definition) is 4. The molecule has 0 bridgehead atoms. The average Bonchev–Trinajstić information content (AvgIpc) is 3.06. The Kier molecular flexibility index (Phi) is 4.39. The first-order valence-corrected chi connectivity index (χ1v) is 10.7. The van der Waals surface area contributed by atoms with Gasteiger partial charge in [-0.05, 0) is 69.5 Å². The summed E-state index contributed by atoms with van der Waals surface area (Å²) < 4.78 is 3.76. The van der Waals surface area contributed by atoms with E-state index in [4.69, 9.17) is 15.0 Å². The van der Waals surface area contributed by atoms with E-state index in [0.717, 1.165) is 23.1 Å². The van der Waals surface area contributed by atoms with Crippen molar-refractivity contribution in [1.82, 2.24) is 24.1 Å². The number of benzene rings is 2. The van der Waals surface area contributed by atoms with Gasteiger partial charge in [-0.3, -0.25) is 13.9 Å². The summed E-state index contributed by atoms with van der Waals surface area (Å²) in [5.41, 5.74) is 6.68. The summed E-state index contributed by atoms with van der Waals surface area (Å²) in [6.45, 7) is 10.2. The van der Waals surface area contributed by atoms with Gasteiger partial charge in [0, 0.05) is 11.7 Å². The van der Waals surface area contributed by atoms with Gasteiger partial charge in [-0.1, -0.05) is 25.1 Å². The second-order valence-electron chi connectivity index (χ2n) is 8.28. The fraction of sp³-hybridized carbons (Fsp3) is 0.280. The number of rotatable bonds is 3. The smallest absolute Gasteiger partial charge is 0.265 e. The van der Waals surface area contributed by atoms with Crippen LogP contribution in [0.4, 0.5) is 0 Å². The quantitative estimate of drug-likeness (QED) is 0.410. The molecule has 0 saturated carbocycles. The van der Waals surface area contributed by atoms with Gasteiger partial charge in [-0.15, -0.1) is 0 Å². The van der Waals surface area contributed by atoms with Gasteiger partial charge < -0.3 is 0 Å². The van der Waals surface area contributed by atoms with Crippen molar-refractivity contribution >= 4 is 33.2 Å². The lowest BCUT2D eigenvalue weighted by molar-refractivity contribution is 0.497. The number of nitrogens with zero attached hydrogens (tertiary/aromatic N) is 5. The summed E-state index contributed by atoms with van der Waals surface area (Å²) in [7, 11) is 0. The van der Waals surface area contributed by atoms with Crippen LogP contribution in [0.25, 0.3) is 38.9 Å². The number of para-hydroxylation sites is 2. The zero-order valence-electron chi connectivity index (χ0n) is 18.5. The molecule has 0 aliphatic carbocycles. The predicted molar refractivity (Wildman–Crippen MR) is 125 cm³/mol. The molecule has 31 heavy (non-hydrogen) atoms. The van der Waals surface area contributed by atoms with E-state index in [1.54, 1.807) is 4.57 Å². The molecule has 3 heterocycles. The normalized spacial score (nSPS) is 12.8. The molecule has 3 aromatic heterocycles. The molecule has 0 saturated heterocycles. The highest BCUT2D eigenvalue weighted by molar-refractivity contribution is 6.05. The Morgan fingerprint density at radius 2 is 1.61 bits per heavy atom. The minimum Gasteiger partial charge on any atom is -0.293 e. The van der Waals surface area contributed by atoms with Gasteiger partial charge in [-0.25, -0.2) is 15.0 Å². The Labute approximate surface area is 180 Å². The van der Waals surface area contributed by atoms with Crippen molar-refractivity contribution in [2.75, 3.05) is 0 Å². The molecule has 6 nitrogen and oxygen atoms in total. The fourth-order valence-corrected chi connectivity index (χ4v) is 4.22. The maximum atomic E-state index is 13.7. The van der Waals surface area contributed by atoms with Crippen molar-refractivity contribution in [1.29, 1.82) is 0 Å². The highest BCUT2D eigenvalue weighted by Crippen LogP contribution is 2.30. The molecule has 0 unspecified atom stereocenters. The first-order chi connectivity index (χ1) is 14.9. The zero-order valence-corrected chi connectivity index (χ0v) is 18.5. The van der Waals surface area contributed by atoms with E-state index < -0.39 is 0 Å². The van der Waals surface area contributed by atoms with Crippen molar-refractivity contribution in [3.8, 4) is 5.69 Å². The Hall–Kier alpha value is -3.54. The SMILES string of the molecule is CC[C@@H](C)n1c(C)nc2c(c1=O)c1nc3ccccc3nc1n2-c1ccc(C)c(C)c1. The van der Waals surface area contributed by atoms with Crippen LogP contribution >= 0.6 is 0 Å². The van der Waals surface area contributed by atoms with Crippen LogP contribution < -0.4 is 5.56 Å². The highest BCUT2D eigenvalue weighted by atomic mass is 16.1. The molecule has 2 aromatic carbocycles. The monoisotopic (exact) mass is 411 g/mol. The maximum Gasteiger partial charge on any atom is 0.265 e. The third-order valence-corrected chi connectivity index (χ3v) is 6.27. The van der Waals surface area contributed by atoms with Crippen LogP contribution in [-0.4, -0.2) is 24.1 Å². The minimum atomic E-state index is -0.0611. The molecule has 0 fully saturated rings. The minimum absolute atomic E-state index is 0.0536. The van der Waals surface area contributed by atoms with Gasteiger partial charge in [0.25, 0.3) is 5.56 Å². The molecule has 0 aliphatic heterocycles. The first kappa shape index (κ1) is 19.4. The molecule has 6 heteroatoms. The Bertz CT molecular complexity index is 1540. The average molecular weight is 412 g/mol. The van der Waals surface area contributed by atoms with E-state index >= 15 is 0 Å². The summed E-state index contributed by atoms with van der Waals surface area (Å²) >= 11 is 0. The van der Waals surface area contributed by atoms with Crippen molar-refractivity contribution in [3.63, 3.8) is 0 Å². The predicted octanol–water partition coefficient (Wildman–Crippen LogP) is 5.18. The summed E-state index contributed by atoms with van der Waals surface area (Å²) in [6.07, 6.45) is 0.846. The van der Waals surface area contributed by atoms with Gasteiger partial charge in [-0.2, -0.15) is 0 Å². The molecular weight excluding hydrogens is 386 g/mol. The molecule has 0 aliphatic rings. The van der Waals surface area contributed by atoms with Crippen LogP contribution in [0.5, 0.6) is 0 Å². The lowest BCUT2D eigenvalue weighted by atomic mass is 10.1. The van der Waals surface area contributed by atoms with E-state index in [9.17, 15) is 4.79 Å². The van der Waals surface area contributed by atoms with E-state index in [-0.39, 0.29) is 11.6 Å². The molecule has 0 N–H and O–H groups in total. The van der Waals surface area contributed by atoms with Crippen LogP contribution in [-0.2, 0) is 0 Å². The number of hydrogen-bond donors (Lipinski definition) is 0. The van der Waals surface area contributed by atoms with E-state index in [1.165, 1.54) is 11.1 Å². The van der Waals surface area contributed by atoms with Gasteiger partial charge in [0.15, 0.2) is 11.3 Å². The zero-order chi connectivity index (χ0) is 21.9. The van der Waals surface area contributed by atoms with Gasteiger partial charge in [0.2, 0.25) is 0 Å². The molecule has 0 amide bonds. The van der Waals surface area contributed by atoms with Crippen molar-refractivity contribution in [3.05, 3.63) is 69.8 Å². The van der Waals surface area contributed by atoms with Crippen molar-refractivity contribution < 1.29 is 0 Å². The van der Waals surface area contributed by atoms with E-state index in [2.05, 4.69) is 39.0 Å². The molecule has 0 spiro atoms. The number of aromatic nitrogens is 5. The van der Waals surface area contributed by atoms with E-state index in [0.29, 0.717) is 28.0 Å². The molecule has 156 valence electrons. The molecule has 5 aromatic rings. The van der Waals surface area contributed by atoms with Gasteiger partial charge in [0.1, 0.15) is 16.7 Å². The van der Waals surface area contributed by atoms with Crippen molar-refractivity contribution in [2.45, 2.75) is 47.1 Å². The highest BCUT2D eigenvalue weighted by Gasteiger charge is 2.23. The summed E-state index contributed by atoms with van der Waals surface area (Å²) in [4.78, 5) is 28.4. The standard InChI is InChI=1S/C25H25N5O/c1-6-16(4)29-17(5)26-23-21(25(29)31)22-24(28-20-10-8-7-9-19(20)27-22)30(23)18-12-11-14(2)15(3)13-18/h7-13,16H,6H2,1-5H3/t16-/m1/s1. The van der Waals surface area contributed by atoms with Crippen LogP contribution in [0.1, 0.15) is 43.3 Å². The Morgan fingerprint density at radius 3 is 2.29 bits per heavy atom. The fourth-order valence-electron chi connectivity index (χ4n) is 4.22. The Morgan fingerprint density at radius 1 is 0.903 bits per heavy atom. The van der Waals surface area contributed by atoms with Crippen LogP contribution in [0.3, 0.4) is 0 Å². The second kappa shape index (κ2) is 7.01. The van der Waals surface area contributed by atoms with E-state index in [1.807, 2.05) is 42.7 Å². The second-order valence-corrected chi connectivity index (χ2v) is 8.28. The molecule has 1 atom stereocenters. The first-order valence-electron chi connectivity index (χ1n) is 10.7. The van der Waals surface area contributed by atoms with Gasteiger partial charge in [0.05, 0.1) is 11.0 Å². The molecule has 5 rings (SSSR count). The summed E-state index contributed by atoms with van der Waals surface area (Å²) in [5.74, 6) is 0.698. The van der Waals surface area contributed by atoms with Gasteiger partial charge >= 0.3 is 0 Å². The summed E-state index contributed by atoms with van der Waals surface area (Å²) in [5, 5.41) is 0.525. The molecular formula is C25H25N5O. The topological polar surface area (TPSA) is 65.6 Å². The van der Waals surface area contributed by atoms with Crippen LogP contribution in [0.2, 0.25) is 0 Å². The maximum absolute atomic E-state index is 13.7. The number of aryl methyl sites for hydroxylation is 3.